The molecule has 0 spiro atoms. The van der Waals surface area contributed by atoms with E-state index < -0.39 is 0 Å². The lowest BCUT2D eigenvalue weighted by Gasteiger charge is -2.14. The zero-order chi connectivity index (χ0) is 23.2. The summed E-state index contributed by atoms with van der Waals surface area (Å²) in [6, 6.07) is 50.2. The number of hydrogen-bond donors (Lipinski definition) is 0. The number of fused-ring (bicyclic) bond motifs is 5. The summed E-state index contributed by atoms with van der Waals surface area (Å²) in [5, 5.41) is 5.10. The van der Waals surface area contributed by atoms with Gasteiger partial charge in [-0.25, -0.2) is 0 Å². The first-order chi connectivity index (χ1) is 17.4. The minimum absolute atomic E-state index is 1.18. The maximum atomic E-state index is 2.44. The van der Waals surface area contributed by atoms with Crippen LogP contribution in [0.4, 0.5) is 0 Å². The fourth-order valence-electron chi connectivity index (χ4n) is 5.40. The monoisotopic (exact) mass is 445 g/mol. The molecule has 1 heterocycles. The van der Waals surface area contributed by atoms with Crippen LogP contribution in [0.25, 0.3) is 60.5 Å². The second-order valence-electron chi connectivity index (χ2n) is 9.00. The molecule has 0 bridgehead atoms. The van der Waals surface area contributed by atoms with Gasteiger partial charge in [-0.3, -0.25) is 0 Å². The van der Waals surface area contributed by atoms with Crippen molar-refractivity contribution in [3.05, 3.63) is 140 Å². The van der Waals surface area contributed by atoms with Crippen LogP contribution in [0.2, 0.25) is 0 Å². The van der Waals surface area contributed by atoms with E-state index in [1.807, 2.05) is 0 Å². The van der Waals surface area contributed by atoms with Gasteiger partial charge in [-0.1, -0.05) is 115 Å². The van der Waals surface area contributed by atoms with Gasteiger partial charge < -0.3 is 4.57 Å². The van der Waals surface area contributed by atoms with Gasteiger partial charge in [0.25, 0.3) is 0 Å². The van der Waals surface area contributed by atoms with Crippen LogP contribution in [0, 0.1) is 0 Å². The highest BCUT2D eigenvalue weighted by Gasteiger charge is 2.17. The van der Waals surface area contributed by atoms with Crippen molar-refractivity contribution in [2.45, 2.75) is 0 Å². The standard InChI is InChI=1S/C34H23N/c1-3-12-24(13-4-1)26-16-11-17-27(22-26)35-33-21-10-9-19-29(33)32-23-31(25-14-5-2-6-15-25)28-18-7-8-20-30(28)34(32)35/h1-23H. The van der Waals surface area contributed by atoms with E-state index in [9.17, 15) is 0 Å². The summed E-state index contributed by atoms with van der Waals surface area (Å²) >= 11 is 0. The average Bonchev–Trinajstić information content (AvgIpc) is 3.28. The Kier molecular flexibility index (Phi) is 4.53. The fraction of sp³-hybridized carbons (Fsp3) is 0. The average molecular weight is 446 g/mol. The molecule has 0 unspecified atom stereocenters. The Bertz CT molecular complexity index is 1830. The van der Waals surface area contributed by atoms with Crippen molar-refractivity contribution < 1.29 is 0 Å². The second kappa shape index (κ2) is 8.00. The minimum atomic E-state index is 1.18. The van der Waals surface area contributed by atoms with Crippen molar-refractivity contribution in [2.24, 2.45) is 0 Å². The highest BCUT2D eigenvalue weighted by atomic mass is 15.0. The lowest BCUT2D eigenvalue weighted by Crippen LogP contribution is -1.95. The molecule has 0 saturated carbocycles. The van der Waals surface area contributed by atoms with Gasteiger partial charge >= 0.3 is 0 Å². The van der Waals surface area contributed by atoms with Crippen LogP contribution in [-0.2, 0) is 0 Å². The number of benzene rings is 6. The number of para-hydroxylation sites is 1. The number of nitrogens with zero attached hydrogens (tertiary/aromatic N) is 1. The number of rotatable bonds is 3. The van der Waals surface area contributed by atoms with Crippen molar-refractivity contribution >= 4 is 32.6 Å². The van der Waals surface area contributed by atoms with Crippen LogP contribution in [0.1, 0.15) is 0 Å². The molecule has 1 aromatic heterocycles. The van der Waals surface area contributed by atoms with Crippen molar-refractivity contribution in [3.63, 3.8) is 0 Å². The minimum Gasteiger partial charge on any atom is -0.309 e. The van der Waals surface area contributed by atoms with E-state index in [4.69, 9.17) is 0 Å². The highest BCUT2D eigenvalue weighted by Crippen LogP contribution is 2.41. The van der Waals surface area contributed by atoms with Gasteiger partial charge in [-0.15, -0.1) is 0 Å². The van der Waals surface area contributed by atoms with Crippen LogP contribution in [0.15, 0.2) is 140 Å². The van der Waals surface area contributed by atoms with Crippen molar-refractivity contribution in [1.29, 1.82) is 0 Å². The molecule has 0 N–H and O–H groups in total. The molecule has 0 amide bonds. The summed E-state index contributed by atoms with van der Waals surface area (Å²) in [6.45, 7) is 0. The van der Waals surface area contributed by atoms with Crippen LogP contribution in [-0.4, -0.2) is 4.57 Å². The number of hydrogen-bond acceptors (Lipinski definition) is 0. The molecule has 0 saturated heterocycles. The summed E-state index contributed by atoms with van der Waals surface area (Å²) in [7, 11) is 0. The normalized spacial score (nSPS) is 11.4. The van der Waals surface area contributed by atoms with E-state index in [0.29, 0.717) is 0 Å². The molecule has 0 aliphatic rings. The predicted molar refractivity (Wildman–Crippen MR) is 149 cm³/mol. The Morgan fingerprint density at radius 1 is 0.371 bits per heavy atom. The Labute approximate surface area is 204 Å². The second-order valence-corrected chi connectivity index (χ2v) is 9.00. The third-order valence-corrected chi connectivity index (χ3v) is 6.97. The molecule has 0 fully saturated rings. The van der Waals surface area contributed by atoms with Crippen LogP contribution < -0.4 is 0 Å². The van der Waals surface area contributed by atoms with Gasteiger partial charge in [0.15, 0.2) is 0 Å². The Morgan fingerprint density at radius 2 is 0.971 bits per heavy atom. The molecular formula is C34H23N. The van der Waals surface area contributed by atoms with Gasteiger partial charge in [0.1, 0.15) is 0 Å². The predicted octanol–water partition coefficient (Wildman–Crippen LogP) is 9.27. The van der Waals surface area contributed by atoms with Crippen LogP contribution in [0.5, 0.6) is 0 Å². The summed E-state index contributed by atoms with van der Waals surface area (Å²) in [4.78, 5) is 0. The molecule has 1 heteroatoms. The molecule has 7 rings (SSSR count). The first-order valence-electron chi connectivity index (χ1n) is 12.0. The molecule has 164 valence electrons. The van der Waals surface area contributed by atoms with E-state index >= 15 is 0 Å². The maximum Gasteiger partial charge on any atom is 0.0619 e. The lowest BCUT2D eigenvalue weighted by molar-refractivity contribution is 1.19. The Hall–Kier alpha value is -4.62. The highest BCUT2D eigenvalue weighted by molar-refractivity contribution is 6.22. The van der Waals surface area contributed by atoms with E-state index in [-0.39, 0.29) is 0 Å². The molecule has 0 aliphatic heterocycles. The molecule has 0 aliphatic carbocycles. The third-order valence-electron chi connectivity index (χ3n) is 6.97. The van der Waals surface area contributed by atoms with E-state index in [1.54, 1.807) is 0 Å². The van der Waals surface area contributed by atoms with Gasteiger partial charge in [0.05, 0.1) is 11.0 Å². The van der Waals surface area contributed by atoms with E-state index in [2.05, 4.69) is 144 Å². The maximum absolute atomic E-state index is 2.44. The zero-order valence-corrected chi connectivity index (χ0v) is 19.2. The van der Waals surface area contributed by atoms with Crippen molar-refractivity contribution in [3.8, 4) is 27.9 Å². The Balaban J connectivity index is 1.61. The molecule has 1 nitrogen and oxygen atoms in total. The number of aromatic nitrogens is 1. The summed E-state index contributed by atoms with van der Waals surface area (Å²) < 4.78 is 2.44. The molecule has 0 atom stereocenters. The van der Waals surface area contributed by atoms with Crippen molar-refractivity contribution in [2.75, 3.05) is 0 Å². The third kappa shape index (κ3) is 3.17. The smallest absolute Gasteiger partial charge is 0.0619 e. The molecule has 7 aromatic rings. The molecule has 6 aromatic carbocycles. The van der Waals surface area contributed by atoms with Crippen LogP contribution >= 0.6 is 0 Å². The summed E-state index contributed by atoms with van der Waals surface area (Å²) in [5.41, 5.74) is 8.62. The van der Waals surface area contributed by atoms with Gasteiger partial charge in [-0.2, -0.15) is 0 Å². The fourth-order valence-corrected chi connectivity index (χ4v) is 5.40. The summed E-state index contributed by atoms with van der Waals surface area (Å²) in [6.07, 6.45) is 0. The van der Waals surface area contributed by atoms with Gasteiger partial charge in [0.2, 0.25) is 0 Å². The van der Waals surface area contributed by atoms with Crippen molar-refractivity contribution in [1.82, 2.24) is 4.57 Å². The SMILES string of the molecule is c1ccc(-c2cccc(-n3c4ccccc4c4cc(-c5ccccc5)c5ccccc5c43)c2)cc1. The van der Waals surface area contributed by atoms with Crippen LogP contribution in [0.3, 0.4) is 0 Å². The Morgan fingerprint density at radius 3 is 1.74 bits per heavy atom. The topological polar surface area (TPSA) is 4.93 Å². The molecule has 0 radical (unpaired) electrons. The van der Waals surface area contributed by atoms with Gasteiger partial charge in [-0.05, 0) is 51.9 Å². The first-order valence-corrected chi connectivity index (χ1v) is 12.0. The zero-order valence-electron chi connectivity index (χ0n) is 19.2. The lowest BCUT2D eigenvalue weighted by atomic mass is 9.95. The first kappa shape index (κ1) is 19.8. The van der Waals surface area contributed by atoms with Gasteiger partial charge in [0, 0.05) is 21.8 Å². The largest absolute Gasteiger partial charge is 0.309 e. The van der Waals surface area contributed by atoms with E-state index in [0.717, 1.165) is 0 Å². The quantitative estimate of drug-likeness (QED) is 0.255. The molecule has 35 heavy (non-hydrogen) atoms. The summed E-state index contributed by atoms with van der Waals surface area (Å²) in [5.74, 6) is 0. The molecular weight excluding hydrogens is 422 g/mol. The van der Waals surface area contributed by atoms with E-state index in [1.165, 1.54) is 60.5 Å².